The van der Waals surface area contributed by atoms with E-state index >= 15 is 0 Å². The van der Waals surface area contributed by atoms with Crippen molar-refractivity contribution in [1.29, 1.82) is 0 Å². The molecule has 1 aliphatic heterocycles. The number of piperidine rings is 1. The van der Waals surface area contributed by atoms with Crippen molar-refractivity contribution in [3.63, 3.8) is 0 Å². The highest BCUT2D eigenvalue weighted by molar-refractivity contribution is 5.45. The first kappa shape index (κ1) is 17.9. The van der Waals surface area contributed by atoms with Gasteiger partial charge < -0.3 is 9.84 Å². The Bertz CT molecular complexity index is 572. The number of rotatable bonds is 4. The molecule has 1 aromatic rings. The Morgan fingerprint density at radius 2 is 2.04 bits per heavy atom. The van der Waals surface area contributed by atoms with Gasteiger partial charge >= 0.3 is 0 Å². The summed E-state index contributed by atoms with van der Waals surface area (Å²) in [6.07, 6.45) is 3.31. The number of nitrogens with zero attached hydrogens (tertiary/aromatic N) is 1. The first-order chi connectivity index (χ1) is 10.7. The van der Waals surface area contributed by atoms with E-state index in [0.29, 0.717) is 0 Å². The summed E-state index contributed by atoms with van der Waals surface area (Å²) in [7, 11) is 1.74. The molecule has 1 heterocycles. The Labute approximate surface area is 141 Å². The number of benzene rings is 1. The van der Waals surface area contributed by atoms with Gasteiger partial charge in [-0.05, 0) is 48.9 Å². The fourth-order valence-electron chi connectivity index (χ4n) is 3.65. The predicted octanol–water partition coefficient (Wildman–Crippen LogP) is 4.73. The molecule has 3 nitrogen and oxygen atoms in total. The molecule has 1 fully saturated rings. The molecule has 128 valence electrons. The molecule has 0 spiro atoms. The second-order valence-corrected chi connectivity index (χ2v) is 7.70. The highest BCUT2D eigenvalue weighted by Crippen LogP contribution is 2.33. The molecule has 0 amide bonds. The Balaban J connectivity index is 2.32. The topological polar surface area (TPSA) is 32.7 Å². The van der Waals surface area contributed by atoms with Gasteiger partial charge in [-0.1, -0.05) is 39.8 Å². The molecule has 0 aromatic heterocycles. The molecule has 1 atom stereocenters. The van der Waals surface area contributed by atoms with Gasteiger partial charge in [-0.15, -0.1) is 0 Å². The number of aliphatic hydroxyl groups is 1. The fraction of sp³-hybridized carbons (Fsp3) is 0.600. The second kappa shape index (κ2) is 6.96. The maximum absolute atomic E-state index is 9.89. The summed E-state index contributed by atoms with van der Waals surface area (Å²) in [6, 6.07) is 4.49. The number of aryl methyl sites for hydroxylation is 1. The van der Waals surface area contributed by atoms with E-state index < -0.39 is 0 Å². The maximum atomic E-state index is 9.89. The minimum Gasteiger partial charge on any atom is -0.511 e. The molecule has 1 aromatic carbocycles. The summed E-state index contributed by atoms with van der Waals surface area (Å²) in [5.41, 5.74) is 3.90. The van der Waals surface area contributed by atoms with Crippen LogP contribution in [0.2, 0.25) is 0 Å². The highest BCUT2D eigenvalue weighted by atomic mass is 16.5. The van der Waals surface area contributed by atoms with Crippen molar-refractivity contribution in [3.05, 3.63) is 41.2 Å². The van der Waals surface area contributed by atoms with Gasteiger partial charge in [-0.3, -0.25) is 4.90 Å². The van der Waals surface area contributed by atoms with Crippen LogP contribution < -0.4 is 4.74 Å². The Morgan fingerprint density at radius 1 is 1.35 bits per heavy atom. The van der Waals surface area contributed by atoms with Crippen LogP contribution in [0, 0.1) is 6.92 Å². The summed E-state index contributed by atoms with van der Waals surface area (Å²) in [4.78, 5) is 2.32. The van der Waals surface area contributed by atoms with E-state index in [-0.39, 0.29) is 17.2 Å². The molecular formula is C20H31NO2. The average Bonchev–Trinajstić information content (AvgIpc) is 2.46. The number of aliphatic hydroxyl groups excluding tert-OH is 1. The lowest BCUT2D eigenvalue weighted by Gasteiger charge is -2.35. The summed E-state index contributed by atoms with van der Waals surface area (Å²) < 4.78 is 5.66. The van der Waals surface area contributed by atoms with Crippen LogP contribution in [0.4, 0.5) is 0 Å². The molecule has 0 saturated carbocycles. The summed E-state index contributed by atoms with van der Waals surface area (Å²) >= 11 is 0. The molecule has 23 heavy (non-hydrogen) atoms. The number of ether oxygens (including phenoxy) is 1. The summed E-state index contributed by atoms with van der Waals surface area (Å²) in [5, 5.41) is 9.89. The van der Waals surface area contributed by atoms with Crippen molar-refractivity contribution < 1.29 is 9.84 Å². The van der Waals surface area contributed by atoms with Gasteiger partial charge in [-0.25, -0.2) is 0 Å². The van der Waals surface area contributed by atoms with Crippen LogP contribution in [0.3, 0.4) is 0 Å². The fourth-order valence-corrected chi connectivity index (χ4v) is 3.65. The monoisotopic (exact) mass is 317 g/mol. The number of hydrogen-bond acceptors (Lipinski definition) is 3. The average molecular weight is 317 g/mol. The first-order valence-electron chi connectivity index (χ1n) is 8.54. The lowest BCUT2D eigenvalue weighted by molar-refractivity contribution is 0.127. The number of likely N-dealkylation sites (tertiary alicyclic amines) is 1. The first-order valence-corrected chi connectivity index (χ1v) is 8.54. The van der Waals surface area contributed by atoms with Crippen molar-refractivity contribution in [2.75, 3.05) is 13.7 Å². The highest BCUT2D eigenvalue weighted by Gasteiger charge is 2.26. The Hall–Kier alpha value is -1.48. The lowest BCUT2D eigenvalue weighted by Crippen LogP contribution is -2.40. The van der Waals surface area contributed by atoms with Gasteiger partial charge in [0.2, 0.25) is 0 Å². The van der Waals surface area contributed by atoms with Crippen molar-refractivity contribution in [2.45, 2.75) is 65.0 Å². The molecule has 3 heteroatoms. The van der Waals surface area contributed by atoms with Gasteiger partial charge in [0.25, 0.3) is 0 Å². The van der Waals surface area contributed by atoms with Crippen LogP contribution in [0.5, 0.6) is 5.75 Å². The van der Waals surface area contributed by atoms with E-state index in [9.17, 15) is 5.11 Å². The van der Waals surface area contributed by atoms with Gasteiger partial charge in [0.05, 0.1) is 13.2 Å². The molecule has 1 saturated heterocycles. The van der Waals surface area contributed by atoms with Crippen LogP contribution in [-0.2, 0) is 12.0 Å². The number of hydrogen-bond donors (Lipinski definition) is 1. The summed E-state index contributed by atoms with van der Waals surface area (Å²) in [5.74, 6) is 1.22. The van der Waals surface area contributed by atoms with Crippen LogP contribution >= 0.6 is 0 Å². The zero-order chi connectivity index (χ0) is 17.2. The van der Waals surface area contributed by atoms with Crippen molar-refractivity contribution in [1.82, 2.24) is 4.90 Å². The van der Waals surface area contributed by atoms with Crippen molar-refractivity contribution >= 4 is 0 Å². The molecular weight excluding hydrogens is 286 g/mol. The van der Waals surface area contributed by atoms with Gasteiger partial charge in [0.1, 0.15) is 11.5 Å². The van der Waals surface area contributed by atoms with Gasteiger partial charge in [0, 0.05) is 12.1 Å². The van der Waals surface area contributed by atoms with Crippen molar-refractivity contribution in [3.8, 4) is 5.75 Å². The predicted molar refractivity (Wildman–Crippen MR) is 96.2 cm³/mol. The van der Waals surface area contributed by atoms with Crippen molar-refractivity contribution in [2.24, 2.45) is 0 Å². The van der Waals surface area contributed by atoms with Gasteiger partial charge in [0.15, 0.2) is 0 Å². The van der Waals surface area contributed by atoms with E-state index in [4.69, 9.17) is 4.74 Å². The maximum Gasteiger partial charge on any atom is 0.123 e. The van der Waals surface area contributed by atoms with E-state index in [1.54, 1.807) is 7.11 Å². The van der Waals surface area contributed by atoms with Gasteiger partial charge in [-0.2, -0.15) is 0 Å². The molecule has 0 bridgehead atoms. The van der Waals surface area contributed by atoms with Crippen LogP contribution in [0.15, 0.2) is 24.5 Å². The molecule has 2 rings (SSSR count). The van der Waals surface area contributed by atoms with Crippen LogP contribution in [-0.4, -0.2) is 29.7 Å². The largest absolute Gasteiger partial charge is 0.511 e. The SMILES string of the molecule is C=C(O)[C@@H]1CCCCN1Cc1cc(C)c(C(C)(C)C)cc1OC. The molecule has 0 radical (unpaired) electrons. The van der Waals surface area contributed by atoms with Crippen LogP contribution in [0.25, 0.3) is 0 Å². The Morgan fingerprint density at radius 3 is 2.61 bits per heavy atom. The quantitative estimate of drug-likeness (QED) is 0.815. The molecule has 1 aliphatic rings. The van der Waals surface area contributed by atoms with E-state index in [0.717, 1.165) is 31.7 Å². The Kier molecular flexibility index (Phi) is 5.41. The third-order valence-corrected chi connectivity index (χ3v) is 4.81. The van der Waals surface area contributed by atoms with Crippen LogP contribution in [0.1, 0.15) is 56.7 Å². The zero-order valence-electron chi connectivity index (χ0n) is 15.3. The minimum atomic E-state index is 0.0658. The minimum absolute atomic E-state index is 0.0658. The third kappa shape index (κ3) is 4.08. The molecule has 0 unspecified atom stereocenters. The second-order valence-electron chi connectivity index (χ2n) is 7.70. The zero-order valence-corrected chi connectivity index (χ0v) is 15.3. The standard InChI is InChI=1S/C20H31NO2/c1-14-11-16(19(23-6)12-17(14)20(3,4)5)13-21-10-8-7-9-18(21)15(2)22/h11-12,18,22H,2,7-10,13H2,1,3-6H3/t18-/m0/s1. The smallest absolute Gasteiger partial charge is 0.123 e. The van der Waals surface area contributed by atoms with E-state index in [1.165, 1.54) is 23.1 Å². The summed E-state index contributed by atoms with van der Waals surface area (Å²) in [6.45, 7) is 14.4. The lowest BCUT2D eigenvalue weighted by atomic mass is 9.83. The molecule has 1 N–H and O–H groups in total. The van der Waals surface area contributed by atoms with E-state index in [1.807, 2.05) is 0 Å². The third-order valence-electron chi connectivity index (χ3n) is 4.81. The van der Waals surface area contributed by atoms with E-state index in [2.05, 4.69) is 51.3 Å². The molecule has 0 aliphatic carbocycles. The normalized spacial score (nSPS) is 19.6. The number of methoxy groups -OCH3 is 1.